The molecule has 10 heavy (non-hydrogen) atoms. The van der Waals surface area contributed by atoms with Gasteiger partial charge in [0.1, 0.15) is 0 Å². The van der Waals surface area contributed by atoms with E-state index in [4.69, 9.17) is 0 Å². The zero-order chi connectivity index (χ0) is 7.14. The summed E-state index contributed by atoms with van der Waals surface area (Å²) in [6.07, 6.45) is 7.88. The Hall–Kier alpha value is 0.170. The highest BCUT2D eigenvalue weighted by Crippen LogP contribution is 2.53. The highest BCUT2D eigenvalue weighted by atomic mass is 31.1. The Bertz CT molecular complexity index is 146. The molecular formula is C9H15P. The summed E-state index contributed by atoms with van der Waals surface area (Å²) in [6.45, 7) is 4.86. The van der Waals surface area contributed by atoms with Gasteiger partial charge in [-0.15, -0.1) is 7.92 Å². The molecule has 0 amide bonds. The molecule has 1 saturated carbocycles. The molecule has 0 aromatic carbocycles. The fourth-order valence-corrected chi connectivity index (χ4v) is 4.54. The Labute approximate surface area is 64.5 Å². The van der Waals surface area contributed by atoms with Crippen LogP contribution < -0.4 is 0 Å². The summed E-state index contributed by atoms with van der Waals surface area (Å²) in [6, 6.07) is 0. The molecule has 0 nitrogen and oxygen atoms in total. The Morgan fingerprint density at radius 1 is 1.10 bits per heavy atom. The fourth-order valence-electron chi connectivity index (χ4n) is 2.52. The maximum absolute atomic E-state index is 2.46. The van der Waals surface area contributed by atoms with Gasteiger partial charge in [0.25, 0.3) is 0 Å². The van der Waals surface area contributed by atoms with Gasteiger partial charge in [0.15, 0.2) is 0 Å². The van der Waals surface area contributed by atoms with Crippen LogP contribution in [0.2, 0.25) is 0 Å². The summed E-state index contributed by atoms with van der Waals surface area (Å²) in [5, 5.41) is 0. The second kappa shape index (κ2) is 2.34. The van der Waals surface area contributed by atoms with Crippen LogP contribution >= 0.6 is 7.92 Å². The highest BCUT2D eigenvalue weighted by molar-refractivity contribution is 7.56. The number of rotatable bonds is 1. The minimum atomic E-state index is 0.320. The van der Waals surface area contributed by atoms with Crippen molar-refractivity contribution in [1.82, 2.24) is 0 Å². The molecule has 0 aliphatic heterocycles. The van der Waals surface area contributed by atoms with Crippen LogP contribution in [0.4, 0.5) is 0 Å². The zero-order valence-electron chi connectivity index (χ0n) is 6.75. The summed E-state index contributed by atoms with van der Waals surface area (Å²) in [4.78, 5) is 0. The van der Waals surface area contributed by atoms with Crippen molar-refractivity contribution in [2.45, 2.75) is 18.5 Å². The Morgan fingerprint density at radius 2 is 1.60 bits per heavy atom. The highest BCUT2D eigenvalue weighted by Gasteiger charge is 2.38. The lowest BCUT2D eigenvalue weighted by Gasteiger charge is -2.20. The lowest BCUT2D eigenvalue weighted by Crippen LogP contribution is -2.10. The summed E-state index contributed by atoms with van der Waals surface area (Å²) in [5.41, 5.74) is 1.06. The summed E-state index contributed by atoms with van der Waals surface area (Å²) in [7, 11) is 0.320. The van der Waals surface area contributed by atoms with Gasteiger partial charge in [-0.1, -0.05) is 12.2 Å². The largest absolute Gasteiger partial charge is 0.109 e. The van der Waals surface area contributed by atoms with E-state index in [9.17, 15) is 0 Å². The summed E-state index contributed by atoms with van der Waals surface area (Å²) >= 11 is 0. The van der Waals surface area contributed by atoms with Gasteiger partial charge in [-0.2, -0.15) is 0 Å². The van der Waals surface area contributed by atoms with Crippen LogP contribution in [-0.4, -0.2) is 19.0 Å². The molecule has 2 aliphatic carbocycles. The maximum atomic E-state index is 2.46. The third kappa shape index (κ3) is 0.855. The van der Waals surface area contributed by atoms with Crippen molar-refractivity contribution >= 4 is 7.92 Å². The maximum Gasteiger partial charge on any atom is -0.00882 e. The van der Waals surface area contributed by atoms with Crippen LogP contribution in [0.25, 0.3) is 0 Å². The molecule has 0 aromatic rings. The molecule has 0 radical (unpaired) electrons. The average Bonchev–Trinajstić information content (AvgIpc) is 2.43. The Balaban J connectivity index is 2.14. The first-order valence-corrected chi connectivity index (χ1v) is 6.44. The van der Waals surface area contributed by atoms with E-state index in [-0.39, 0.29) is 0 Å². The van der Waals surface area contributed by atoms with Crippen LogP contribution in [0.1, 0.15) is 12.8 Å². The van der Waals surface area contributed by atoms with Gasteiger partial charge in [0.05, 0.1) is 0 Å². The minimum Gasteiger partial charge on any atom is -0.109 e. The number of allylic oxidation sites excluding steroid dienone is 2. The average molecular weight is 154 g/mol. The third-order valence-corrected chi connectivity index (χ3v) is 4.87. The first-order valence-electron chi connectivity index (χ1n) is 4.14. The molecular weight excluding hydrogens is 139 g/mol. The fraction of sp³-hybridized carbons (Fsp3) is 0.778. The molecule has 2 bridgehead atoms. The predicted molar refractivity (Wildman–Crippen MR) is 47.9 cm³/mol. The SMILES string of the molecule is CP(C)C1C2C=CC1CC2. The second-order valence-electron chi connectivity index (χ2n) is 3.74. The van der Waals surface area contributed by atoms with E-state index in [1.165, 1.54) is 12.8 Å². The van der Waals surface area contributed by atoms with Crippen LogP contribution in [0.5, 0.6) is 0 Å². The van der Waals surface area contributed by atoms with E-state index >= 15 is 0 Å². The van der Waals surface area contributed by atoms with Gasteiger partial charge in [-0.05, 0) is 43.7 Å². The lowest BCUT2D eigenvalue weighted by molar-refractivity contribution is 0.704. The van der Waals surface area contributed by atoms with E-state index in [0.717, 1.165) is 17.5 Å². The van der Waals surface area contributed by atoms with E-state index in [1.54, 1.807) is 0 Å². The van der Waals surface area contributed by atoms with Crippen LogP contribution in [0, 0.1) is 11.8 Å². The molecule has 0 N–H and O–H groups in total. The number of hydrogen-bond acceptors (Lipinski definition) is 0. The molecule has 1 heteroatoms. The molecule has 2 rings (SSSR count). The smallest absolute Gasteiger partial charge is 0.00882 e. The minimum absolute atomic E-state index is 0.320. The van der Waals surface area contributed by atoms with E-state index in [0.29, 0.717) is 7.92 Å². The van der Waals surface area contributed by atoms with Gasteiger partial charge in [0.2, 0.25) is 0 Å². The molecule has 56 valence electrons. The monoisotopic (exact) mass is 154 g/mol. The van der Waals surface area contributed by atoms with Crippen LogP contribution in [-0.2, 0) is 0 Å². The van der Waals surface area contributed by atoms with Crippen molar-refractivity contribution in [2.24, 2.45) is 11.8 Å². The van der Waals surface area contributed by atoms with E-state index in [2.05, 4.69) is 25.5 Å². The molecule has 2 aliphatic rings. The lowest BCUT2D eigenvalue weighted by atomic mass is 10.1. The molecule has 0 spiro atoms. The predicted octanol–water partition coefficient (Wildman–Crippen LogP) is 2.69. The third-order valence-electron chi connectivity index (χ3n) is 2.91. The van der Waals surface area contributed by atoms with Crippen molar-refractivity contribution in [2.75, 3.05) is 13.3 Å². The number of fused-ring (bicyclic) bond motifs is 2. The number of hydrogen-bond donors (Lipinski definition) is 0. The first kappa shape index (κ1) is 6.85. The van der Waals surface area contributed by atoms with Crippen molar-refractivity contribution < 1.29 is 0 Å². The van der Waals surface area contributed by atoms with Crippen LogP contribution in [0.15, 0.2) is 12.2 Å². The summed E-state index contributed by atoms with van der Waals surface area (Å²) in [5.74, 6) is 1.96. The van der Waals surface area contributed by atoms with E-state index in [1.807, 2.05) is 0 Å². The Morgan fingerprint density at radius 3 is 1.80 bits per heavy atom. The Kier molecular flexibility index (Phi) is 1.60. The zero-order valence-corrected chi connectivity index (χ0v) is 7.64. The van der Waals surface area contributed by atoms with Gasteiger partial charge < -0.3 is 0 Å². The molecule has 0 saturated heterocycles. The van der Waals surface area contributed by atoms with E-state index < -0.39 is 0 Å². The molecule has 1 fully saturated rings. The van der Waals surface area contributed by atoms with Gasteiger partial charge in [0, 0.05) is 0 Å². The topological polar surface area (TPSA) is 0 Å². The van der Waals surface area contributed by atoms with Gasteiger partial charge in [-0.25, -0.2) is 0 Å². The molecule has 2 unspecified atom stereocenters. The van der Waals surface area contributed by atoms with Crippen molar-refractivity contribution in [1.29, 1.82) is 0 Å². The molecule has 0 aromatic heterocycles. The van der Waals surface area contributed by atoms with Crippen molar-refractivity contribution in [3.8, 4) is 0 Å². The van der Waals surface area contributed by atoms with Crippen molar-refractivity contribution in [3.63, 3.8) is 0 Å². The van der Waals surface area contributed by atoms with Gasteiger partial charge >= 0.3 is 0 Å². The van der Waals surface area contributed by atoms with Crippen LogP contribution in [0.3, 0.4) is 0 Å². The summed E-state index contributed by atoms with van der Waals surface area (Å²) < 4.78 is 0. The normalized spacial score (nSPS) is 43.7. The first-order chi connectivity index (χ1) is 4.79. The quantitative estimate of drug-likeness (QED) is 0.402. The van der Waals surface area contributed by atoms with Gasteiger partial charge in [-0.3, -0.25) is 0 Å². The standard InChI is InChI=1S/C9H15P/c1-10(2)9-7-3-4-8(9)6-5-7/h3-4,7-9H,5-6H2,1-2H3. The van der Waals surface area contributed by atoms with Crippen molar-refractivity contribution in [3.05, 3.63) is 12.2 Å². The second-order valence-corrected chi connectivity index (χ2v) is 6.27. The molecule has 2 atom stereocenters. The molecule has 0 heterocycles.